The standard InChI is InChI=1S/C26H23BrN2O6/c1-34-23-12-15(27)10-11-21(23)28-25(32)22(13-24(30)31)29-26(33)35-14-20-18-8-4-2-6-16(18)17-7-3-5-9-19(17)20/h2-12,20,22H,13-14H2,1H3,(H,28,32)(H,29,33)(H,30,31). The summed E-state index contributed by atoms with van der Waals surface area (Å²) < 4.78 is 11.4. The van der Waals surface area contributed by atoms with E-state index in [0.717, 1.165) is 26.7 Å². The number of nitrogens with one attached hydrogen (secondary N) is 2. The van der Waals surface area contributed by atoms with E-state index in [1.165, 1.54) is 7.11 Å². The van der Waals surface area contributed by atoms with Gasteiger partial charge in [0.25, 0.3) is 0 Å². The van der Waals surface area contributed by atoms with Gasteiger partial charge < -0.3 is 25.2 Å². The summed E-state index contributed by atoms with van der Waals surface area (Å²) in [4.78, 5) is 36.8. The molecule has 3 aromatic rings. The Morgan fingerprint density at radius 1 is 1.00 bits per heavy atom. The Labute approximate surface area is 210 Å². The molecule has 35 heavy (non-hydrogen) atoms. The maximum atomic E-state index is 12.8. The number of methoxy groups -OCH3 is 1. The molecule has 0 spiro atoms. The number of ether oxygens (including phenoxy) is 2. The summed E-state index contributed by atoms with van der Waals surface area (Å²) in [5.41, 5.74) is 4.60. The van der Waals surface area contributed by atoms with Gasteiger partial charge in [-0.05, 0) is 40.5 Å². The Hall–Kier alpha value is -3.85. The van der Waals surface area contributed by atoms with Crippen LogP contribution in [0.15, 0.2) is 71.2 Å². The molecule has 4 rings (SSSR count). The predicted octanol–water partition coefficient (Wildman–Crippen LogP) is 4.78. The van der Waals surface area contributed by atoms with Crippen LogP contribution in [0, 0.1) is 0 Å². The van der Waals surface area contributed by atoms with Gasteiger partial charge in [0.2, 0.25) is 5.91 Å². The van der Waals surface area contributed by atoms with Crippen LogP contribution in [0.4, 0.5) is 10.5 Å². The topological polar surface area (TPSA) is 114 Å². The molecule has 0 bridgehead atoms. The molecule has 0 saturated carbocycles. The van der Waals surface area contributed by atoms with Crippen molar-refractivity contribution in [2.75, 3.05) is 19.0 Å². The highest BCUT2D eigenvalue weighted by Crippen LogP contribution is 2.44. The van der Waals surface area contributed by atoms with Crippen LogP contribution in [-0.4, -0.2) is 42.8 Å². The van der Waals surface area contributed by atoms with Crippen molar-refractivity contribution >= 4 is 39.6 Å². The normalized spacial score (nSPS) is 12.7. The summed E-state index contributed by atoms with van der Waals surface area (Å²) in [6, 6.07) is 19.4. The van der Waals surface area contributed by atoms with Crippen LogP contribution in [0.2, 0.25) is 0 Å². The summed E-state index contributed by atoms with van der Waals surface area (Å²) in [5.74, 6) is -1.73. The lowest BCUT2D eigenvalue weighted by Crippen LogP contribution is -2.45. The van der Waals surface area contributed by atoms with Gasteiger partial charge in [-0.1, -0.05) is 64.5 Å². The number of benzene rings is 3. The summed E-state index contributed by atoms with van der Waals surface area (Å²) in [6.07, 6.45) is -1.49. The second-order valence-corrected chi connectivity index (χ2v) is 8.87. The molecule has 1 unspecified atom stereocenters. The minimum absolute atomic E-state index is 0.0435. The molecular weight excluding hydrogens is 516 g/mol. The number of alkyl carbamates (subject to hydrolysis) is 1. The first kappa shape index (κ1) is 24.3. The Morgan fingerprint density at radius 2 is 1.63 bits per heavy atom. The number of carbonyl (C=O) groups is 3. The molecule has 8 nitrogen and oxygen atoms in total. The van der Waals surface area contributed by atoms with E-state index in [9.17, 15) is 19.5 Å². The van der Waals surface area contributed by atoms with Gasteiger partial charge in [0.05, 0.1) is 19.2 Å². The Balaban J connectivity index is 1.44. The number of carboxylic acids is 1. The van der Waals surface area contributed by atoms with Gasteiger partial charge in [-0.15, -0.1) is 0 Å². The highest BCUT2D eigenvalue weighted by Gasteiger charge is 2.30. The molecule has 0 aliphatic heterocycles. The highest BCUT2D eigenvalue weighted by molar-refractivity contribution is 9.10. The Bertz CT molecular complexity index is 1230. The van der Waals surface area contributed by atoms with Gasteiger partial charge in [0.15, 0.2) is 0 Å². The lowest BCUT2D eigenvalue weighted by Gasteiger charge is -2.19. The van der Waals surface area contributed by atoms with Gasteiger partial charge >= 0.3 is 12.1 Å². The fourth-order valence-corrected chi connectivity index (χ4v) is 4.49. The summed E-state index contributed by atoms with van der Waals surface area (Å²) in [7, 11) is 1.45. The maximum Gasteiger partial charge on any atom is 0.407 e. The van der Waals surface area contributed by atoms with Gasteiger partial charge in [-0.2, -0.15) is 0 Å². The Kier molecular flexibility index (Phi) is 7.36. The van der Waals surface area contributed by atoms with Gasteiger partial charge in [-0.25, -0.2) is 4.79 Å². The van der Waals surface area contributed by atoms with E-state index in [-0.39, 0.29) is 12.5 Å². The first-order valence-corrected chi connectivity index (χ1v) is 11.6. The zero-order chi connectivity index (χ0) is 24.9. The first-order chi connectivity index (χ1) is 16.9. The van der Waals surface area contributed by atoms with E-state index in [1.807, 2.05) is 48.5 Å². The number of amides is 2. The van der Waals surface area contributed by atoms with Crippen LogP contribution in [0.1, 0.15) is 23.5 Å². The summed E-state index contributed by atoms with van der Waals surface area (Å²) >= 11 is 3.32. The van der Waals surface area contributed by atoms with Crippen LogP contribution in [0.25, 0.3) is 11.1 Å². The second kappa shape index (κ2) is 10.6. The van der Waals surface area contributed by atoms with Gasteiger partial charge in [0.1, 0.15) is 18.4 Å². The molecule has 0 radical (unpaired) electrons. The van der Waals surface area contributed by atoms with Crippen LogP contribution in [-0.2, 0) is 14.3 Å². The van der Waals surface area contributed by atoms with E-state index >= 15 is 0 Å². The smallest absolute Gasteiger partial charge is 0.407 e. The molecule has 0 saturated heterocycles. The average molecular weight is 539 g/mol. The van der Waals surface area contributed by atoms with Crippen molar-refractivity contribution in [1.29, 1.82) is 0 Å². The maximum absolute atomic E-state index is 12.8. The number of halogens is 1. The van der Waals surface area contributed by atoms with Gasteiger partial charge in [-0.3, -0.25) is 9.59 Å². The van der Waals surface area contributed by atoms with Crippen molar-refractivity contribution < 1.29 is 29.0 Å². The van der Waals surface area contributed by atoms with Crippen molar-refractivity contribution in [3.05, 3.63) is 82.3 Å². The molecule has 1 aliphatic rings. The molecule has 9 heteroatoms. The monoisotopic (exact) mass is 538 g/mol. The lowest BCUT2D eigenvalue weighted by molar-refractivity contribution is -0.139. The predicted molar refractivity (Wildman–Crippen MR) is 134 cm³/mol. The third-order valence-corrected chi connectivity index (χ3v) is 6.25. The zero-order valence-corrected chi connectivity index (χ0v) is 20.4. The van der Waals surface area contributed by atoms with Crippen molar-refractivity contribution in [3.8, 4) is 16.9 Å². The fourth-order valence-electron chi connectivity index (χ4n) is 4.15. The van der Waals surface area contributed by atoms with Crippen LogP contribution in [0.3, 0.4) is 0 Å². The fraction of sp³-hybridized carbons (Fsp3) is 0.192. The number of fused-ring (bicyclic) bond motifs is 3. The molecular formula is C26H23BrN2O6. The molecule has 3 aromatic carbocycles. The SMILES string of the molecule is COc1cc(Br)ccc1NC(=O)C(CC(=O)O)NC(=O)OCC1c2ccccc2-c2ccccc21. The third-order valence-electron chi connectivity index (χ3n) is 5.75. The lowest BCUT2D eigenvalue weighted by atomic mass is 9.98. The van der Waals surface area contributed by atoms with E-state index < -0.39 is 30.4 Å². The van der Waals surface area contributed by atoms with Crippen molar-refractivity contribution in [2.24, 2.45) is 0 Å². The molecule has 0 fully saturated rings. The molecule has 1 atom stereocenters. The van der Waals surface area contributed by atoms with E-state index in [4.69, 9.17) is 9.47 Å². The average Bonchev–Trinajstić information content (AvgIpc) is 3.16. The third kappa shape index (κ3) is 5.46. The van der Waals surface area contributed by atoms with Crippen LogP contribution in [0.5, 0.6) is 5.75 Å². The number of carboxylic acid groups (broad SMARTS) is 1. The molecule has 0 aromatic heterocycles. The van der Waals surface area contributed by atoms with Gasteiger partial charge in [0, 0.05) is 10.4 Å². The molecule has 180 valence electrons. The van der Waals surface area contributed by atoms with E-state index in [1.54, 1.807) is 18.2 Å². The minimum atomic E-state index is -1.35. The first-order valence-electron chi connectivity index (χ1n) is 10.8. The quantitative estimate of drug-likeness (QED) is 0.380. The Morgan fingerprint density at radius 3 is 2.23 bits per heavy atom. The van der Waals surface area contributed by atoms with Crippen molar-refractivity contribution in [3.63, 3.8) is 0 Å². The number of rotatable bonds is 8. The van der Waals surface area contributed by atoms with E-state index in [2.05, 4.69) is 26.6 Å². The van der Waals surface area contributed by atoms with E-state index in [0.29, 0.717) is 11.4 Å². The minimum Gasteiger partial charge on any atom is -0.495 e. The molecule has 0 heterocycles. The largest absolute Gasteiger partial charge is 0.495 e. The van der Waals surface area contributed by atoms with Crippen LogP contribution < -0.4 is 15.4 Å². The molecule has 1 aliphatic carbocycles. The number of aliphatic carboxylic acids is 1. The summed E-state index contributed by atoms with van der Waals surface area (Å²) in [5, 5.41) is 14.3. The number of carbonyl (C=O) groups excluding carboxylic acids is 2. The number of hydrogen-bond acceptors (Lipinski definition) is 5. The summed E-state index contributed by atoms with van der Waals surface area (Å²) in [6.45, 7) is 0.0435. The van der Waals surface area contributed by atoms with Crippen molar-refractivity contribution in [2.45, 2.75) is 18.4 Å². The number of anilines is 1. The number of hydrogen-bond donors (Lipinski definition) is 3. The molecule has 3 N–H and O–H groups in total. The van der Waals surface area contributed by atoms with Crippen molar-refractivity contribution in [1.82, 2.24) is 5.32 Å². The van der Waals surface area contributed by atoms with Crippen LogP contribution >= 0.6 is 15.9 Å². The zero-order valence-electron chi connectivity index (χ0n) is 18.8. The highest BCUT2D eigenvalue weighted by atomic mass is 79.9. The second-order valence-electron chi connectivity index (χ2n) is 7.95. The molecule has 2 amide bonds.